The molecule has 0 radical (unpaired) electrons. The minimum atomic E-state index is -0.296. The molecule has 3 heterocycles. The van der Waals surface area contributed by atoms with Crippen molar-refractivity contribution in [1.82, 2.24) is 0 Å². The van der Waals surface area contributed by atoms with Crippen LogP contribution in [-0.4, -0.2) is 30.5 Å². The first-order valence-corrected chi connectivity index (χ1v) is 9.53. The molecule has 0 N–H and O–H groups in total. The number of ether oxygens (including phenoxy) is 3. The average molecular weight is 360 g/mol. The van der Waals surface area contributed by atoms with E-state index in [-0.39, 0.29) is 45.6 Å². The summed E-state index contributed by atoms with van der Waals surface area (Å²) in [6, 6.07) is 0. The highest BCUT2D eigenvalue weighted by atomic mass is 16.7. The molecule has 5 nitrogen and oxygen atoms in total. The van der Waals surface area contributed by atoms with Gasteiger partial charge in [0.15, 0.2) is 5.43 Å². The lowest BCUT2D eigenvalue weighted by molar-refractivity contribution is -0.177. The summed E-state index contributed by atoms with van der Waals surface area (Å²) in [4.78, 5) is 12.8. The van der Waals surface area contributed by atoms with E-state index in [0.29, 0.717) is 23.0 Å². The fraction of sp³-hybridized carbons (Fsp3) is 0.762. The maximum Gasteiger partial charge on any atom is 0.291 e. The molecule has 0 spiro atoms. The van der Waals surface area contributed by atoms with Gasteiger partial charge in [-0.1, -0.05) is 20.8 Å². The van der Waals surface area contributed by atoms with E-state index in [1.54, 1.807) is 14.0 Å². The molecule has 1 aromatic rings. The molecule has 2 aliphatic carbocycles. The third kappa shape index (κ3) is 1.42. The van der Waals surface area contributed by atoms with Crippen LogP contribution in [0.5, 0.6) is 5.95 Å². The molecule has 4 aliphatic rings. The van der Waals surface area contributed by atoms with Gasteiger partial charge in [-0.3, -0.25) is 4.79 Å². The van der Waals surface area contributed by atoms with Crippen LogP contribution in [0, 0.1) is 31.1 Å². The predicted molar refractivity (Wildman–Crippen MR) is 95.7 cm³/mol. The Labute approximate surface area is 154 Å². The lowest BCUT2D eigenvalue weighted by atomic mass is 9.33. The first-order valence-electron chi connectivity index (χ1n) is 9.53. The number of hydrogen-bond donors (Lipinski definition) is 0. The van der Waals surface area contributed by atoms with Crippen molar-refractivity contribution in [3.8, 4) is 5.95 Å². The van der Waals surface area contributed by atoms with Crippen LogP contribution >= 0.6 is 0 Å². The van der Waals surface area contributed by atoms with Gasteiger partial charge < -0.3 is 18.6 Å². The van der Waals surface area contributed by atoms with Crippen molar-refractivity contribution in [2.75, 3.05) is 7.11 Å². The van der Waals surface area contributed by atoms with Gasteiger partial charge >= 0.3 is 0 Å². The minimum Gasteiger partial charge on any atom is -0.468 e. The first kappa shape index (κ1) is 16.8. The number of rotatable bonds is 2. The Balaban J connectivity index is 1.70. The van der Waals surface area contributed by atoms with Crippen molar-refractivity contribution in [2.45, 2.75) is 77.3 Å². The van der Waals surface area contributed by atoms with Gasteiger partial charge in [-0.25, -0.2) is 0 Å². The Morgan fingerprint density at radius 2 is 1.58 bits per heavy atom. The summed E-state index contributed by atoms with van der Waals surface area (Å²) in [5.41, 5.74) is 0.541. The van der Waals surface area contributed by atoms with Crippen LogP contribution in [0.1, 0.15) is 51.5 Å². The molecule has 5 heteroatoms. The summed E-state index contributed by atoms with van der Waals surface area (Å²) in [7, 11) is 1.55. The molecule has 0 unspecified atom stereocenters. The highest BCUT2D eigenvalue weighted by Crippen LogP contribution is 2.82. The predicted octanol–water partition coefficient (Wildman–Crippen LogP) is 3.12. The Morgan fingerprint density at radius 3 is 2.19 bits per heavy atom. The van der Waals surface area contributed by atoms with Gasteiger partial charge in [0, 0.05) is 22.3 Å². The molecule has 0 bridgehead atoms. The molecule has 2 saturated heterocycles. The Hall–Kier alpha value is -1.33. The number of epoxide rings is 2. The Bertz CT molecular complexity index is 904. The third-order valence-corrected chi connectivity index (χ3v) is 8.58. The average Bonchev–Trinajstić information content (AvgIpc) is 3.48. The Morgan fingerprint density at radius 1 is 0.962 bits per heavy atom. The maximum atomic E-state index is 12.8. The molecule has 5 rings (SSSR count). The summed E-state index contributed by atoms with van der Waals surface area (Å²) in [6.07, 6.45) is 0.340. The summed E-state index contributed by atoms with van der Waals surface area (Å²) >= 11 is 0. The van der Waals surface area contributed by atoms with Crippen LogP contribution in [0.4, 0.5) is 0 Å². The van der Waals surface area contributed by atoms with Gasteiger partial charge in [0.25, 0.3) is 5.95 Å². The van der Waals surface area contributed by atoms with Crippen LogP contribution in [0.3, 0.4) is 0 Å². The topological polar surface area (TPSA) is 64.5 Å². The molecule has 26 heavy (non-hydrogen) atoms. The van der Waals surface area contributed by atoms with Gasteiger partial charge in [0.05, 0.1) is 24.4 Å². The van der Waals surface area contributed by atoms with E-state index in [0.717, 1.165) is 5.76 Å². The number of methoxy groups -OCH3 is 1. The Kier molecular flexibility index (Phi) is 2.73. The molecule has 0 aromatic carbocycles. The molecule has 0 amide bonds. The lowest BCUT2D eigenvalue weighted by Gasteiger charge is -2.67. The lowest BCUT2D eigenvalue weighted by Crippen LogP contribution is -2.73. The standard InChI is InChI=1S/C21H28O5/c1-9-12(22)10(2)14(23-8)24-13(9)18(4)11(3)19(5)15(18)20(6)17(26-20)21(7)16(19)25-21/h11,15-17H,1-8H3/t11-,15-,16-,17+,18+,19+,20+,21-/m0/s1. The van der Waals surface area contributed by atoms with Crippen molar-refractivity contribution in [2.24, 2.45) is 17.3 Å². The zero-order chi connectivity index (χ0) is 19.0. The minimum absolute atomic E-state index is 0.00636. The first-order chi connectivity index (χ1) is 12.0. The second kappa shape index (κ2) is 4.22. The highest BCUT2D eigenvalue weighted by Gasteiger charge is 2.92. The van der Waals surface area contributed by atoms with E-state index < -0.39 is 0 Å². The third-order valence-electron chi connectivity index (χ3n) is 8.58. The van der Waals surface area contributed by atoms with E-state index in [1.165, 1.54) is 0 Å². The van der Waals surface area contributed by atoms with Gasteiger partial charge in [-0.2, -0.15) is 0 Å². The zero-order valence-electron chi connectivity index (χ0n) is 16.9. The molecule has 2 aliphatic heterocycles. The van der Waals surface area contributed by atoms with E-state index in [9.17, 15) is 4.79 Å². The van der Waals surface area contributed by atoms with Crippen molar-refractivity contribution < 1.29 is 18.6 Å². The SMILES string of the molecule is COc1oc([C@@]2(C)[C@H](C)[C@@]3(C)[C@@H]4O[C@]4(C)[C@@H]4O[C@]4(C)[C@@H]23)c(C)c(=O)c1C. The quantitative estimate of drug-likeness (QED) is 0.758. The summed E-state index contributed by atoms with van der Waals surface area (Å²) < 4.78 is 24.0. The van der Waals surface area contributed by atoms with Crippen LogP contribution < -0.4 is 10.2 Å². The maximum absolute atomic E-state index is 12.8. The van der Waals surface area contributed by atoms with Gasteiger partial charge in [-0.05, 0) is 33.6 Å². The molecule has 8 atom stereocenters. The smallest absolute Gasteiger partial charge is 0.291 e. The summed E-state index contributed by atoms with van der Waals surface area (Å²) in [5, 5.41) is 0. The van der Waals surface area contributed by atoms with E-state index in [4.69, 9.17) is 18.6 Å². The molecular formula is C21H28O5. The summed E-state index contributed by atoms with van der Waals surface area (Å²) in [5.74, 6) is 1.60. The fourth-order valence-electron chi connectivity index (χ4n) is 7.34. The molecule has 2 saturated carbocycles. The van der Waals surface area contributed by atoms with E-state index in [1.807, 2.05) is 6.92 Å². The number of hydrogen-bond acceptors (Lipinski definition) is 5. The van der Waals surface area contributed by atoms with Crippen molar-refractivity contribution in [3.05, 3.63) is 27.1 Å². The number of fused-ring (bicyclic) bond motifs is 6. The molecule has 4 fully saturated rings. The van der Waals surface area contributed by atoms with Gasteiger partial charge in [0.1, 0.15) is 17.5 Å². The molecule has 1 aromatic heterocycles. The van der Waals surface area contributed by atoms with Crippen LogP contribution in [0.15, 0.2) is 9.21 Å². The van der Waals surface area contributed by atoms with E-state index >= 15 is 0 Å². The normalized spacial score (nSPS) is 53.1. The van der Waals surface area contributed by atoms with Gasteiger partial charge in [0.2, 0.25) is 0 Å². The van der Waals surface area contributed by atoms with Crippen LogP contribution in [0.2, 0.25) is 0 Å². The van der Waals surface area contributed by atoms with Crippen molar-refractivity contribution >= 4 is 0 Å². The molecular weight excluding hydrogens is 332 g/mol. The van der Waals surface area contributed by atoms with Crippen molar-refractivity contribution in [1.29, 1.82) is 0 Å². The second-order valence-corrected chi connectivity index (χ2v) is 9.67. The van der Waals surface area contributed by atoms with Crippen molar-refractivity contribution in [3.63, 3.8) is 0 Å². The van der Waals surface area contributed by atoms with Crippen LogP contribution in [0.25, 0.3) is 0 Å². The monoisotopic (exact) mass is 360 g/mol. The van der Waals surface area contributed by atoms with Crippen LogP contribution in [-0.2, 0) is 14.9 Å². The molecule has 142 valence electrons. The van der Waals surface area contributed by atoms with Gasteiger partial charge in [-0.15, -0.1) is 0 Å². The largest absolute Gasteiger partial charge is 0.468 e. The zero-order valence-corrected chi connectivity index (χ0v) is 16.9. The fourth-order valence-corrected chi connectivity index (χ4v) is 7.34. The highest BCUT2D eigenvalue weighted by molar-refractivity contribution is 5.46. The summed E-state index contributed by atoms with van der Waals surface area (Å²) in [6.45, 7) is 14.8. The second-order valence-electron chi connectivity index (χ2n) is 9.67. The van der Waals surface area contributed by atoms with E-state index in [2.05, 4.69) is 34.6 Å².